The molecule has 0 aliphatic heterocycles. The molecular formula is C17H19N5O2. The first-order valence-electron chi connectivity index (χ1n) is 7.63. The van der Waals surface area contributed by atoms with Crippen LogP contribution in [0.1, 0.15) is 38.8 Å². The second-order valence-electron chi connectivity index (χ2n) is 5.85. The van der Waals surface area contributed by atoms with Crippen molar-refractivity contribution in [3.63, 3.8) is 0 Å². The normalized spacial score (nSPS) is 10.8. The number of amides is 1. The number of hydrogen-bond donors (Lipinski definition) is 1. The van der Waals surface area contributed by atoms with Crippen LogP contribution in [0.3, 0.4) is 0 Å². The molecule has 1 N–H and O–H groups in total. The smallest absolute Gasteiger partial charge is 0.322 e. The van der Waals surface area contributed by atoms with Gasteiger partial charge in [0.1, 0.15) is 5.69 Å². The largest absolute Gasteiger partial charge is 0.407 e. The van der Waals surface area contributed by atoms with Crippen molar-refractivity contribution >= 4 is 11.9 Å². The fraction of sp³-hybridized carbons (Fsp3) is 0.294. The monoisotopic (exact) mass is 325 g/mol. The lowest BCUT2D eigenvalue weighted by atomic mass is 10.0. The molecule has 0 aliphatic carbocycles. The van der Waals surface area contributed by atoms with Crippen molar-refractivity contribution in [2.24, 2.45) is 7.05 Å². The lowest BCUT2D eigenvalue weighted by Crippen LogP contribution is -2.16. The van der Waals surface area contributed by atoms with Crippen molar-refractivity contribution in [3.05, 3.63) is 58.2 Å². The maximum atomic E-state index is 12.2. The first-order valence-corrected chi connectivity index (χ1v) is 7.63. The first-order chi connectivity index (χ1) is 11.4. The number of carbonyl (C=O) groups excluding carboxylic acids is 1. The van der Waals surface area contributed by atoms with Gasteiger partial charge >= 0.3 is 6.01 Å². The van der Waals surface area contributed by atoms with E-state index in [4.69, 9.17) is 4.42 Å². The van der Waals surface area contributed by atoms with E-state index < -0.39 is 0 Å². The Hall–Kier alpha value is -2.96. The summed E-state index contributed by atoms with van der Waals surface area (Å²) in [6, 6.07) is 7.97. The van der Waals surface area contributed by atoms with Gasteiger partial charge in [0.05, 0.1) is 12.1 Å². The molecular weight excluding hydrogens is 306 g/mol. The maximum Gasteiger partial charge on any atom is 0.322 e. The van der Waals surface area contributed by atoms with Gasteiger partial charge in [-0.15, -0.1) is 5.10 Å². The van der Waals surface area contributed by atoms with Gasteiger partial charge in [-0.1, -0.05) is 23.3 Å². The van der Waals surface area contributed by atoms with Crippen molar-refractivity contribution < 1.29 is 9.21 Å². The van der Waals surface area contributed by atoms with Gasteiger partial charge in [0, 0.05) is 7.05 Å². The molecule has 0 aliphatic rings. The van der Waals surface area contributed by atoms with Crippen molar-refractivity contribution in [2.75, 3.05) is 5.32 Å². The fourth-order valence-electron chi connectivity index (χ4n) is 2.45. The van der Waals surface area contributed by atoms with Crippen LogP contribution in [-0.2, 0) is 13.5 Å². The van der Waals surface area contributed by atoms with Gasteiger partial charge in [0.15, 0.2) is 0 Å². The summed E-state index contributed by atoms with van der Waals surface area (Å²) in [4.78, 5) is 12.2. The molecule has 7 nitrogen and oxygen atoms in total. The third-order valence-corrected chi connectivity index (χ3v) is 3.85. The molecule has 7 heteroatoms. The highest BCUT2D eigenvalue weighted by atomic mass is 16.4. The van der Waals surface area contributed by atoms with Crippen molar-refractivity contribution in [3.8, 4) is 0 Å². The number of hydrogen-bond acceptors (Lipinski definition) is 5. The zero-order chi connectivity index (χ0) is 17.3. The number of aromatic nitrogens is 4. The number of nitrogens with one attached hydrogen (secondary N) is 1. The van der Waals surface area contributed by atoms with Crippen molar-refractivity contribution in [1.29, 1.82) is 0 Å². The SMILES string of the molecule is Cc1cc(C(=O)Nc2nnc(Cc3ccc(C)c(C)c3)o2)n(C)n1. The number of benzene rings is 1. The molecule has 124 valence electrons. The van der Waals surface area contributed by atoms with E-state index in [9.17, 15) is 4.79 Å². The Kier molecular flexibility index (Phi) is 4.16. The third-order valence-electron chi connectivity index (χ3n) is 3.85. The Balaban J connectivity index is 1.70. The number of nitrogens with zero attached hydrogens (tertiary/aromatic N) is 4. The summed E-state index contributed by atoms with van der Waals surface area (Å²) >= 11 is 0. The van der Waals surface area contributed by atoms with E-state index >= 15 is 0 Å². The minimum Gasteiger partial charge on any atom is -0.407 e. The van der Waals surface area contributed by atoms with Crippen LogP contribution in [0, 0.1) is 20.8 Å². The highest BCUT2D eigenvalue weighted by molar-refractivity contribution is 6.01. The fourth-order valence-corrected chi connectivity index (χ4v) is 2.45. The minimum absolute atomic E-state index is 0.0812. The first kappa shape index (κ1) is 15.9. The van der Waals surface area contributed by atoms with Gasteiger partial charge in [-0.05, 0) is 43.5 Å². The molecule has 24 heavy (non-hydrogen) atoms. The van der Waals surface area contributed by atoms with Crippen LogP contribution in [-0.4, -0.2) is 25.9 Å². The summed E-state index contributed by atoms with van der Waals surface area (Å²) in [7, 11) is 1.71. The Morgan fingerprint density at radius 2 is 1.96 bits per heavy atom. The van der Waals surface area contributed by atoms with Crippen LogP contribution in [0.15, 0.2) is 28.7 Å². The van der Waals surface area contributed by atoms with E-state index in [0.717, 1.165) is 11.3 Å². The molecule has 0 atom stereocenters. The summed E-state index contributed by atoms with van der Waals surface area (Å²) in [5.41, 5.74) is 4.74. The van der Waals surface area contributed by atoms with Crippen LogP contribution in [0.4, 0.5) is 6.01 Å². The second-order valence-corrected chi connectivity index (χ2v) is 5.85. The molecule has 0 bridgehead atoms. The van der Waals surface area contributed by atoms with E-state index in [2.05, 4.69) is 46.6 Å². The summed E-state index contributed by atoms with van der Waals surface area (Å²) in [6.45, 7) is 5.96. The highest BCUT2D eigenvalue weighted by Crippen LogP contribution is 2.15. The second kappa shape index (κ2) is 6.27. The Labute approximate surface area is 139 Å². The molecule has 0 saturated heterocycles. The lowest BCUT2D eigenvalue weighted by Gasteiger charge is -2.02. The molecule has 3 rings (SSSR count). The summed E-state index contributed by atoms with van der Waals surface area (Å²) in [5, 5.41) is 14.6. The van der Waals surface area contributed by atoms with E-state index in [-0.39, 0.29) is 11.9 Å². The molecule has 1 amide bonds. The minimum atomic E-state index is -0.334. The van der Waals surface area contributed by atoms with Crippen LogP contribution in [0.25, 0.3) is 0 Å². The quantitative estimate of drug-likeness (QED) is 0.797. The summed E-state index contributed by atoms with van der Waals surface area (Å²) in [5.74, 6) is 0.120. The van der Waals surface area contributed by atoms with E-state index in [1.54, 1.807) is 13.1 Å². The average Bonchev–Trinajstić information content (AvgIpc) is 3.09. The Morgan fingerprint density at radius 3 is 2.62 bits per heavy atom. The predicted octanol–water partition coefficient (Wildman–Crippen LogP) is 2.57. The molecule has 0 spiro atoms. The van der Waals surface area contributed by atoms with Gasteiger partial charge in [0.25, 0.3) is 5.91 Å². The zero-order valence-corrected chi connectivity index (χ0v) is 14.1. The molecule has 0 radical (unpaired) electrons. The van der Waals surface area contributed by atoms with Gasteiger partial charge in [-0.3, -0.25) is 14.8 Å². The molecule has 3 aromatic rings. The Bertz CT molecular complexity index is 894. The molecule has 0 unspecified atom stereocenters. The average molecular weight is 325 g/mol. The zero-order valence-electron chi connectivity index (χ0n) is 14.1. The number of carbonyl (C=O) groups is 1. The van der Waals surface area contributed by atoms with Gasteiger partial charge in [-0.2, -0.15) is 5.10 Å². The number of aryl methyl sites for hydroxylation is 4. The van der Waals surface area contributed by atoms with Crippen LogP contribution < -0.4 is 5.32 Å². The molecule has 1 aromatic carbocycles. The topological polar surface area (TPSA) is 85.8 Å². The maximum absolute atomic E-state index is 12.2. The van der Waals surface area contributed by atoms with Gasteiger partial charge in [-0.25, -0.2) is 0 Å². The van der Waals surface area contributed by atoms with Crippen LogP contribution >= 0.6 is 0 Å². The molecule has 2 heterocycles. The molecule has 0 fully saturated rings. The highest BCUT2D eigenvalue weighted by Gasteiger charge is 2.15. The summed E-state index contributed by atoms with van der Waals surface area (Å²) < 4.78 is 7.02. The number of anilines is 1. The van der Waals surface area contributed by atoms with E-state index in [0.29, 0.717) is 18.0 Å². The van der Waals surface area contributed by atoms with Crippen LogP contribution in [0.5, 0.6) is 0 Å². The third kappa shape index (κ3) is 3.34. The lowest BCUT2D eigenvalue weighted by molar-refractivity contribution is 0.101. The van der Waals surface area contributed by atoms with Gasteiger partial charge < -0.3 is 4.42 Å². The van der Waals surface area contributed by atoms with Crippen molar-refractivity contribution in [2.45, 2.75) is 27.2 Å². The number of rotatable bonds is 4. The van der Waals surface area contributed by atoms with E-state index in [1.807, 2.05) is 13.0 Å². The van der Waals surface area contributed by atoms with Crippen LogP contribution in [0.2, 0.25) is 0 Å². The standard InChI is InChI=1S/C17H19N5O2/c1-10-5-6-13(7-11(10)2)9-15-19-20-17(24-15)18-16(23)14-8-12(3)21-22(14)4/h5-8H,9H2,1-4H3,(H,18,20,23). The molecule has 0 saturated carbocycles. The Morgan fingerprint density at radius 1 is 1.17 bits per heavy atom. The predicted molar refractivity (Wildman–Crippen MR) is 88.9 cm³/mol. The van der Waals surface area contributed by atoms with Crippen molar-refractivity contribution in [1.82, 2.24) is 20.0 Å². The van der Waals surface area contributed by atoms with E-state index in [1.165, 1.54) is 15.8 Å². The van der Waals surface area contributed by atoms with Gasteiger partial charge in [0.2, 0.25) is 5.89 Å². The summed E-state index contributed by atoms with van der Waals surface area (Å²) in [6.07, 6.45) is 0.523. The molecule has 2 aromatic heterocycles.